The van der Waals surface area contributed by atoms with Crippen molar-refractivity contribution in [3.05, 3.63) is 29.8 Å². The zero-order valence-corrected chi connectivity index (χ0v) is 19.8. The fourth-order valence-corrected chi connectivity index (χ4v) is 4.90. The molecule has 0 aliphatic carbocycles. The summed E-state index contributed by atoms with van der Waals surface area (Å²) >= 11 is 0. The number of para-hydroxylation sites is 1. The van der Waals surface area contributed by atoms with Gasteiger partial charge in [-0.15, -0.1) is 0 Å². The van der Waals surface area contributed by atoms with Gasteiger partial charge in [0.25, 0.3) is 0 Å². The molecule has 1 aromatic carbocycles. The quantitative estimate of drug-likeness (QED) is 0.174. The zero-order valence-electron chi connectivity index (χ0n) is 19.8. The van der Waals surface area contributed by atoms with E-state index in [9.17, 15) is 0 Å². The molecule has 0 saturated heterocycles. The first-order valence-corrected chi connectivity index (χ1v) is 12.6. The molecule has 0 atom stereocenters. The topological polar surface area (TPSA) is 0 Å². The Morgan fingerprint density at radius 2 is 1.00 bits per heavy atom. The van der Waals surface area contributed by atoms with Gasteiger partial charge in [-0.3, -0.25) is 4.48 Å². The van der Waals surface area contributed by atoms with Crippen molar-refractivity contribution >= 4 is 5.69 Å². The van der Waals surface area contributed by atoms with Gasteiger partial charge in [-0.2, -0.15) is 0 Å². The second-order valence-corrected chi connectivity index (χ2v) is 8.99. The van der Waals surface area contributed by atoms with E-state index in [1.165, 1.54) is 120 Å². The van der Waals surface area contributed by atoms with Crippen molar-refractivity contribution in [2.45, 2.75) is 118 Å². The lowest BCUT2D eigenvalue weighted by molar-refractivity contribution is 0.264. The Morgan fingerprint density at radius 3 is 1.46 bits per heavy atom. The summed E-state index contributed by atoms with van der Waals surface area (Å²) < 4.78 is 1.21. The number of quaternary nitrogens is 1. The summed E-state index contributed by atoms with van der Waals surface area (Å²) in [4.78, 5) is 0. The van der Waals surface area contributed by atoms with Gasteiger partial charge in [-0.25, -0.2) is 0 Å². The van der Waals surface area contributed by atoms with Gasteiger partial charge in [0.2, 0.25) is 0 Å². The number of aryl methyl sites for hydroxylation is 1. The van der Waals surface area contributed by atoms with Crippen LogP contribution in [0.25, 0.3) is 0 Å². The molecule has 0 bridgehead atoms. The van der Waals surface area contributed by atoms with Gasteiger partial charge >= 0.3 is 0 Å². The molecule has 0 fully saturated rings. The molecule has 0 spiro atoms. The largest absolute Gasteiger partial charge is 0.291 e. The summed E-state index contributed by atoms with van der Waals surface area (Å²) in [6.45, 7) is 13.2. The number of nitrogens with zero attached hydrogens (tertiary/aromatic N) is 1. The van der Waals surface area contributed by atoms with Crippen molar-refractivity contribution in [2.75, 3.05) is 19.6 Å². The van der Waals surface area contributed by atoms with E-state index in [1.807, 2.05) is 0 Å². The molecule has 0 aromatic heterocycles. The third-order valence-electron chi connectivity index (χ3n) is 6.37. The summed E-state index contributed by atoms with van der Waals surface area (Å²) in [7, 11) is 0. The highest BCUT2D eigenvalue weighted by Crippen LogP contribution is 2.29. The second kappa shape index (κ2) is 16.0. The van der Waals surface area contributed by atoms with E-state index in [4.69, 9.17) is 0 Å². The van der Waals surface area contributed by atoms with Crippen LogP contribution in [0.3, 0.4) is 0 Å². The number of benzene rings is 1. The van der Waals surface area contributed by atoms with Gasteiger partial charge in [0, 0.05) is 5.56 Å². The molecular weight excluding hydrogens is 338 g/mol. The molecule has 1 heteroatoms. The highest BCUT2D eigenvalue weighted by atomic mass is 15.4. The molecule has 0 aliphatic rings. The van der Waals surface area contributed by atoms with Gasteiger partial charge in [0.15, 0.2) is 0 Å². The maximum Gasteiger partial charge on any atom is 0.135 e. The Kier molecular flexibility index (Phi) is 14.4. The average molecular weight is 389 g/mol. The standard InChI is InChI=1S/C27H50N/c1-5-8-9-10-11-12-13-14-15-16-17-20-25-28(23-6-2,24-7-3)27-22-19-18-21-26(27)4/h18-19,21-22H,5-17,20,23-25H2,1-4H3/q+1. The molecule has 0 unspecified atom stereocenters. The number of unbranched alkanes of at least 4 members (excludes halogenated alkanes) is 11. The molecule has 1 rings (SSSR count). The first-order valence-electron chi connectivity index (χ1n) is 12.6. The molecule has 1 aromatic rings. The van der Waals surface area contributed by atoms with E-state index < -0.39 is 0 Å². The van der Waals surface area contributed by atoms with Gasteiger partial charge in [0.05, 0.1) is 19.6 Å². The predicted molar refractivity (Wildman–Crippen MR) is 129 cm³/mol. The second-order valence-electron chi connectivity index (χ2n) is 8.99. The van der Waals surface area contributed by atoms with E-state index in [0.717, 1.165) is 0 Å². The third-order valence-corrected chi connectivity index (χ3v) is 6.37. The highest BCUT2D eigenvalue weighted by molar-refractivity contribution is 5.49. The van der Waals surface area contributed by atoms with Crippen LogP contribution in [0, 0.1) is 6.92 Å². The molecular formula is C27H50N+. The normalized spacial score (nSPS) is 11.9. The molecule has 1 nitrogen and oxygen atoms in total. The molecule has 0 radical (unpaired) electrons. The molecule has 162 valence electrons. The Bertz CT molecular complexity index is 473. The first kappa shape index (κ1) is 25.2. The van der Waals surface area contributed by atoms with E-state index >= 15 is 0 Å². The summed E-state index contributed by atoms with van der Waals surface area (Å²) in [5.74, 6) is 0. The number of rotatable bonds is 18. The molecule has 0 N–H and O–H groups in total. The summed E-state index contributed by atoms with van der Waals surface area (Å²) in [6.07, 6.45) is 19.8. The van der Waals surface area contributed by atoms with Gasteiger partial charge in [-0.05, 0) is 38.7 Å². The van der Waals surface area contributed by atoms with Crippen LogP contribution in [-0.4, -0.2) is 19.6 Å². The highest BCUT2D eigenvalue weighted by Gasteiger charge is 2.29. The molecule has 0 heterocycles. The Hall–Kier alpha value is -0.820. The third kappa shape index (κ3) is 9.59. The monoisotopic (exact) mass is 388 g/mol. The minimum Gasteiger partial charge on any atom is -0.291 e. The summed E-state index contributed by atoms with van der Waals surface area (Å²) in [6, 6.07) is 9.12. The van der Waals surface area contributed by atoms with Crippen LogP contribution >= 0.6 is 0 Å². The Labute approximate surface area is 177 Å². The van der Waals surface area contributed by atoms with Crippen LogP contribution in [0.5, 0.6) is 0 Å². The van der Waals surface area contributed by atoms with Crippen LogP contribution in [-0.2, 0) is 0 Å². The van der Waals surface area contributed by atoms with Crippen LogP contribution < -0.4 is 4.48 Å². The smallest absolute Gasteiger partial charge is 0.135 e. The van der Waals surface area contributed by atoms with Crippen LogP contribution in [0.15, 0.2) is 24.3 Å². The predicted octanol–water partition coefficient (Wildman–Crippen LogP) is 8.82. The fraction of sp³-hybridized carbons (Fsp3) is 0.778. The van der Waals surface area contributed by atoms with Crippen molar-refractivity contribution < 1.29 is 0 Å². The first-order chi connectivity index (χ1) is 13.7. The number of hydrogen-bond acceptors (Lipinski definition) is 0. The average Bonchev–Trinajstić information content (AvgIpc) is 2.69. The minimum absolute atomic E-state index is 1.21. The van der Waals surface area contributed by atoms with Gasteiger partial charge in [-0.1, -0.05) is 103 Å². The number of hydrogen-bond donors (Lipinski definition) is 0. The molecule has 0 saturated carbocycles. The van der Waals surface area contributed by atoms with Crippen LogP contribution in [0.4, 0.5) is 5.69 Å². The van der Waals surface area contributed by atoms with Crippen molar-refractivity contribution in [1.82, 2.24) is 4.48 Å². The summed E-state index contributed by atoms with van der Waals surface area (Å²) in [5.41, 5.74) is 3.05. The lowest BCUT2D eigenvalue weighted by Gasteiger charge is -2.39. The van der Waals surface area contributed by atoms with Crippen molar-refractivity contribution in [3.63, 3.8) is 0 Å². The lowest BCUT2D eigenvalue weighted by atomic mass is 10.0. The Morgan fingerprint density at radius 1 is 0.536 bits per heavy atom. The molecule has 28 heavy (non-hydrogen) atoms. The van der Waals surface area contributed by atoms with Gasteiger partial charge in [0.1, 0.15) is 5.69 Å². The van der Waals surface area contributed by atoms with Crippen molar-refractivity contribution in [2.24, 2.45) is 0 Å². The Balaban J connectivity index is 2.31. The maximum atomic E-state index is 2.39. The van der Waals surface area contributed by atoms with Crippen molar-refractivity contribution in [3.8, 4) is 0 Å². The van der Waals surface area contributed by atoms with E-state index in [0.29, 0.717) is 0 Å². The van der Waals surface area contributed by atoms with Crippen LogP contribution in [0.1, 0.15) is 116 Å². The van der Waals surface area contributed by atoms with Crippen LogP contribution in [0.2, 0.25) is 0 Å². The minimum atomic E-state index is 1.21. The van der Waals surface area contributed by atoms with E-state index in [-0.39, 0.29) is 0 Å². The lowest BCUT2D eigenvalue weighted by Crippen LogP contribution is -2.51. The van der Waals surface area contributed by atoms with Crippen molar-refractivity contribution in [1.29, 1.82) is 0 Å². The zero-order chi connectivity index (χ0) is 20.5. The molecule has 0 amide bonds. The SMILES string of the molecule is CCCCCCCCCCCCCC[N+](CCC)(CCC)c1ccccc1C. The van der Waals surface area contributed by atoms with E-state index in [2.05, 4.69) is 52.0 Å². The molecule has 0 aliphatic heterocycles. The van der Waals surface area contributed by atoms with Gasteiger partial charge < -0.3 is 0 Å². The van der Waals surface area contributed by atoms with E-state index in [1.54, 1.807) is 5.69 Å². The fourth-order valence-electron chi connectivity index (χ4n) is 4.90. The summed E-state index contributed by atoms with van der Waals surface area (Å²) in [5, 5.41) is 0. The maximum absolute atomic E-state index is 2.39.